The lowest BCUT2D eigenvalue weighted by Crippen LogP contribution is -2.08. The smallest absolute Gasteiger partial charge is 0.198 e. The van der Waals surface area contributed by atoms with Crippen LogP contribution in [-0.4, -0.2) is 0 Å². The lowest BCUT2D eigenvalue weighted by molar-refractivity contribution is -0.138. The zero-order valence-corrected chi connectivity index (χ0v) is 10.9. The van der Waals surface area contributed by atoms with E-state index in [1.807, 2.05) is 6.07 Å². The minimum absolute atomic E-state index is 0.0920. The van der Waals surface area contributed by atoms with Gasteiger partial charge in [0.05, 0.1) is 18.1 Å². The van der Waals surface area contributed by atoms with Crippen molar-refractivity contribution < 1.29 is 13.2 Å². The summed E-state index contributed by atoms with van der Waals surface area (Å²) in [6, 6.07) is 4.28. The van der Waals surface area contributed by atoms with Gasteiger partial charge in [-0.2, -0.15) is 18.4 Å². The van der Waals surface area contributed by atoms with E-state index in [-0.39, 0.29) is 9.99 Å². The molecule has 80 valence electrons. The molecule has 0 aromatic heterocycles. The van der Waals surface area contributed by atoms with Crippen LogP contribution in [0.2, 0.25) is 0 Å². The maximum atomic E-state index is 12.5. The Morgan fingerprint density at radius 3 is 2.47 bits per heavy atom. The largest absolute Gasteiger partial charge is 0.417 e. The summed E-state index contributed by atoms with van der Waals surface area (Å²) in [4.78, 5) is 0. The first kappa shape index (κ1) is 12.8. The van der Waals surface area contributed by atoms with Crippen molar-refractivity contribution in [2.75, 3.05) is 0 Å². The van der Waals surface area contributed by atoms with Crippen molar-refractivity contribution in [2.24, 2.45) is 0 Å². The fourth-order valence-electron chi connectivity index (χ4n) is 1.03. The maximum Gasteiger partial charge on any atom is 0.417 e. The predicted molar refractivity (Wildman–Crippen MR) is 61.2 cm³/mol. The van der Waals surface area contributed by atoms with Crippen LogP contribution in [0.3, 0.4) is 0 Å². The van der Waals surface area contributed by atoms with Crippen molar-refractivity contribution in [2.45, 2.75) is 12.6 Å². The first-order valence-electron chi connectivity index (χ1n) is 3.78. The lowest BCUT2D eigenvalue weighted by Gasteiger charge is -2.11. The summed E-state index contributed by atoms with van der Waals surface area (Å²) < 4.78 is 37.8. The van der Waals surface area contributed by atoms with Gasteiger partial charge in [0.25, 0.3) is 0 Å². The standard InChI is InChI=1S/C9H4BrF3IN/c10-7-4-6(9(11,12)13)8(14)3-5(7)1-2-15/h3-4H,1H2. The Balaban J connectivity index is 3.27. The minimum atomic E-state index is -4.36. The molecule has 1 aromatic rings. The van der Waals surface area contributed by atoms with Gasteiger partial charge in [0.2, 0.25) is 0 Å². The van der Waals surface area contributed by atoms with Crippen LogP contribution in [0.1, 0.15) is 11.1 Å². The van der Waals surface area contributed by atoms with E-state index >= 15 is 0 Å². The van der Waals surface area contributed by atoms with Crippen molar-refractivity contribution in [3.8, 4) is 6.07 Å². The van der Waals surface area contributed by atoms with Crippen molar-refractivity contribution in [1.29, 1.82) is 5.26 Å². The molecule has 0 saturated carbocycles. The van der Waals surface area contributed by atoms with E-state index in [0.717, 1.165) is 6.07 Å². The number of nitriles is 1. The quantitative estimate of drug-likeness (QED) is 0.662. The molecule has 1 nitrogen and oxygen atoms in total. The molecule has 0 bridgehead atoms. The molecule has 0 unspecified atom stereocenters. The Hall–Kier alpha value is -0.290. The van der Waals surface area contributed by atoms with Gasteiger partial charge in [-0.05, 0) is 40.3 Å². The zero-order chi connectivity index (χ0) is 11.6. The Bertz CT molecular complexity index is 423. The fraction of sp³-hybridized carbons (Fsp3) is 0.222. The Morgan fingerprint density at radius 1 is 1.40 bits per heavy atom. The second-order valence-corrected chi connectivity index (χ2v) is 4.77. The van der Waals surface area contributed by atoms with E-state index in [0.29, 0.717) is 10.0 Å². The van der Waals surface area contributed by atoms with Gasteiger partial charge in [-0.25, -0.2) is 0 Å². The molecule has 1 rings (SSSR count). The van der Waals surface area contributed by atoms with Gasteiger partial charge in [0.1, 0.15) is 0 Å². The highest BCUT2D eigenvalue weighted by molar-refractivity contribution is 14.1. The first-order chi connectivity index (χ1) is 6.86. The highest BCUT2D eigenvalue weighted by Crippen LogP contribution is 2.35. The highest BCUT2D eigenvalue weighted by atomic mass is 127. The Labute approximate surface area is 107 Å². The van der Waals surface area contributed by atoms with Gasteiger partial charge in [-0.15, -0.1) is 0 Å². The van der Waals surface area contributed by atoms with E-state index in [4.69, 9.17) is 5.26 Å². The normalized spacial score (nSPS) is 11.2. The summed E-state index contributed by atoms with van der Waals surface area (Å²) in [6.07, 6.45) is -4.26. The monoisotopic (exact) mass is 389 g/mol. The van der Waals surface area contributed by atoms with Crippen molar-refractivity contribution in [3.63, 3.8) is 0 Å². The summed E-state index contributed by atoms with van der Waals surface area (Å²) in [7, 11) is 0. The summed E-state index contributed by atoms with van der Waals surface area (Å²) in [5.41, 5.74) is -0.119. The van der Waals surface area contributed by atoms with Crippen LogP contribution in [0.25, 0.3) is 0 Å². The van der Waals surface area contributed by atoms with Gasteiger partial charge < -0.3 is 0 Å². The molecule has 0 N–H and O–H groups in total. The average molecular weight is 390 g/mol. The van der Waals surface area contributed by atoms with E-state index < -0.39 is 11.7 Å². The number of hydrogen-bond acceptors (Lipinski definition) is 1. The van der Waals surface area contributed by atoms with Crippen molar-refractivity contribution in [3.05, 3.63) is 31.3 Å². The highest BCUT2D eigenvalue weighted by Gasteiger charge is 2.33. The van der Waals surface area contributed by atoms with Crippen LogP contribution in [-0.2, 0) is 12.6 Å². The second-order valence-electron chi connectivity index (χ2n) is 2.76. The second kappa shape index (κ2) is 4.70. The van der Waals surface area contributed by atoms with Crippen LogP contribution >= 0.6 is 38.5 Å². The lowest BCUT2D eigenvalue weighted by atomic mass is 10.1. The predicted octanol–water partition coefficient (Wildman–Crippen LogP) is 4.14. The van der Waals surface area contributed by atoms with E-state index in [9.17, 15) is 13.2 Å². The number of benzene rings is 1. The molecular formula is C9H4BrF3IN. The van der Waals surface area contributed by atoms with E-state index in [1.165, 1.54) is 6.07 Å². The van der Waals surface area contributed by atoms with E-state index in [2.05, 4.69) is 15.9 Å². The molecular weight excluding hydrogens is 386 g/mol. The molecule has 0 fully saturated rings. The summed E-state index contributed by atoms with van der Waals surface area (Å²) in [5, 5.41) is 8.47. The fourth-order valence-corrected chi connectivity index (χ4v) is 2.35. The van der Waals surface area contributed by atoms with Crippen LogP contribution in [0.15, 0.2) is 16.6 Å². The number of nitrogens with zero attached hydrogens (tertiary/aromatic N) is 1. The Morgan fingerprint density at radius 2 is 2.00 bits per heavy atom. The molecule has 0 aliphatic carbocycles. The minimum Gasteiger partial charge on any atom is -0.198 e. The molecule has 0 radical (unpaired) electrons. The van der Waals surface area contributed by atoms with E-state index in [1.54, 1.807) is 22.6 Å². The molecule has 0 heterocycles. The molecule has 0 spiro atoms. The summed E-state index contributed by atoms with van der Waals surface area (Å²) >= 11 is 4.64. The number of halogens is 5. The third-order valence-corrected chi connectivity index (χ3v) is 3.34. The molecule has 6 heteroatoms. The van der Waals surface area contributed by atoms with Gasteiger partial charge >= 0.3 is 6.18 Å². The van der Waals surface area contributed by atoms with Gasteiger partial charge in [-0.1, -0.05) is 15.9 Å². The summed E-state index contributed by atoms with van der Waals surface area (Å²) in [5.74, 6) is 0. The SMILES string of the molecule is N#CCc1cc(I)c(C(F)(F)F)cc1Br. The van der Waals surface area contributed by atoms with Crippen LogP contribution in [0, 0.1) is 14.9 Å². The maximum absolute atomic E-state index is 12.5. The molecule has 0 amide bonds. The van der Waals surface area contributed by atoms with Crippen LogP contribution in [0.4, 0.5) is 13.2 Å². The molecule has 0 aliphatic rings. The number of rotatable bonds is 1. The van der Waals surface area contributed by atoms with Gasteiger partial charge in [-0.3, -0.25) is 0 Å². The number of hydrogen-bond donors (Lipinski definition) is 0. The average Bonchev–Trinajstić information content (AvgIpc) is 2.09. The first-order valence-corrected chi connectivity index (χ1v) is 5.65. The summed E-state index contributed by atoms with van der Waals surface area (Å²) in [6.45, 7) is 0. The van der Waals surface area contributed by atoms with Crippen LogP contribution < -0.4 is 0 Å². The van der Waals surface area contributed by atoms with Crippen molar-refractivity contribution >= 4 is 38.5 Å². The van der Waals surface area contributed by atoms with Crippen LogP contribution in [0.5, 0.6) is 0 Å². The molecule has 0 saturated heterocycles. The molecule has 1 aromatic carbocycles. The van der Waals surface area contributed by atoms with Crippen molar-refractivity contribution in [1.82, 2.24) is 0 Å². The topological polar surface area (TPSA) is 23.8 Å². The van der Waals surface area contributed by atoms with Gasteiger partial charge in [0.15, 0.2) is 0 Å². The zero-order valence-electron chi connectivity index (χ0n) is 7.20. The number of alkyl halides is 3. The molecule has 15 heavy (non-hydrogen) atoms. The third kappa shape index (κ3) is 3.08. The molecule has 0 atom stereocenters. The molecule has 0 aliphatic heterocycles. The van der Waals surface area contributed by atoms with Gasteiger partial charge in [0, 0.05) is 8.04 Å². The third-order valence-electron chi connectivity index (χ3n) is 1.71. The Kier molecular flexibility index (Phi) is 4.00.